The van der Waals surface area contributed by atoms with Gasteiger partial charge in [-0.15, -0.1) is 0 Å². The Morgan fingerprint density at radius 1 is 1.29 bits per heavy atom. The predicted octanol–water partition coefficient (Wildman–Crippen LogP) is 5.13. The highest BCUT2D eigenvalue weighted by atomic mass is 35.5. The maximum absolute atomic E-state index is 13.3. The molecule has 2 aromatic carbocycles. The zero-order chi connectivity index (χ0) is 14.8. The van der Waals surface area contributed by atoms with Crippen molar-refractivity contribution in [3.63, 3.8) is 0 Å². The van der Waals surface area contributed by atoms with E-state index in [2.05, 4.69) is 30.4 Å². The second-order valence-electron chi connectivity index (χ2n) is 5.55. The molecule has 1 nitrogen and oxygen atoms in total. The quantitative estimate of drug-likeness (QED) is 0.825. The van der Waals surface area contributed by atoms with Gasteiger partial charge in [-0.3, -0.25) is 0 Å². The fraction of sp³-hybridized carbons (Fsp3) is 0.333. The first-order valence-corrected chi connectivity index (χ1v) is 7.89. The van der Waals surface area contributed by atoms with E-state index in [1.54, 1.807) is 6.07 Å². The van der Waals surface area contributed by atoms with Crippen LogP contribution in [0.3, 0.4) is 0 Å². The van der Waals surface area contributed by atoms with Crippen molar-refractivity contribution in [1.29, 1.82) is 0 Å². The Hall–Kier alpha value is -1.38. The molecular formula is C18H19ClFN. The van der Waals surface area contributed by atoms with Crippen molar-refractivity contribution in [2.45, 2.75) is 32.2 Å². The lowest BCUT2D eigenvalue weighted by Crippen LogP contribution is -2.19. The van der Waals surface area contributed by atoms with Gasteiger partial charge in [0.25, 0.3) is 0 Å². The Labute approximate surface area is 130 Å². The first kappa shape index (κ1) is 14.6. The maximum Gasteiger partial charge on any atom is 0.141 e. The van der Waals surface area contributed by atoms with E-state index in [-0.39, 0.29) is 10.8 Å². The molecule has 1 aliphatic rings. The lowest BCUT2D eigenvalue weighted by atomic mass is 9.96. The second-order valence-corrected chi connectivity index (χ2v) is 5.95. The minimum Gasteiger partial charge on any atom is -0.310 e. The van der Waals surface area contributed by atoms with Crippen molar-refractivity contribution in [2.75, 3.05) is 6.54 Å². The number of fused-ring (bicyclic) bond motifs is 1. The van der Waals surface area contributed by atoms with E-state index in [0.29, 0.717) is 6.04 Å². The zero-order valence-corrected chi connectivity index (χ0v) is 12.9. The Kier molecular flexibility index (Phi) is 4.27. The minimum atomic E-state index is -0.365. The number of hydrogen-bond donors (Lipinski definition) is 1. The molecule has 0 amide bonds. The van der Waals surface area contributed by atoms with E-state index in [1.165, 1.54) is 22.8 Å². The van der Waals surface area contributed by atoms with E-state index in [0.717, 1.165) is 31.4 Å². The number of benzene rings is 2. The molecule has 3 heteroatoms. The molecule has 0 aromatic heterocycles. The van der Waals surface area contributed by atoms with Crippen molar-refractivity contribution in [3.05, 3.63) is 58.4 Å². The molecule has 3 rings (SSSR count). The molecule has 0 saturated carbocycles. The van der Waals surface area contributed by atoms with Crippen LogP contribution in [-0.4, -0.2) is 6.54 Å². The number of halogens is 2. The van der Waals surface area contributed by atoms with E-state index >= 15 is 0 Å². The van der Waals surface area contributed by atoms with Crippen molar-refractivity contribution < 1.29 is 4.39 Å². The highest BCUT2D eigenvalue weighted by molar-refractivity contribution is 6.31. The van der Waals surface area contributed by atoms with Crippen molar-refractivity contribution in [3.8, 4) is 11.1 Å². The smallest absolute Gasteiger partial charge is 0.141 e. The summed E-state index contributed by atoms with van der Waals surface area (Å²) >= 11 is 5.92. The van der Waals surface area contributed by atoms with Gasteiger partial charge in [-0.2, -0.15) is 0 Å². The van der Waals surface area contributed by atoms with Crippen LogP contribution >= 0.6 is 11.6 Å². The summed E-state index contributed by atoms with van der Waals surface area (Å²) < 4.78 is 13.3. The number of hydrogen-bond acceptors (Lipinski definition) is 1. The molecule has 1 unspecified atom stereocenters. The van der Waals surface area contributed by atoms with Gasteiger partial charge in [-0.1, -0.05) is 42.8 Å². The Balaban J connectivity index is 1.98. The zero-order valence-electron chi connectivity index (χ0n) is 12.1. The summed E-state index contributed by atoms with van der Waals surface area (Å²) in [4.78, 5) is 0. The van der Waals surface area contributed by atoms with Gasteiger partial charge in [-0.05, 0) is 60.2 Å². The van der Waals surface area contributed by atoms with Crippen LogP contribution in [0.5, 0.6) is 0 Å². The van der Waals surface area contributed by atoms with Crippen LogP contribution in [0.1, 0.15) is 36.9 Å². The summed E-state index contributed by atoms with van der Waals surface area (Å²) in [5, 5.41) is 3.78. The largest absolute Gasteiger partial charge is 0.310 e. The van der Waals surface area contributed by atoms with Gasteiger partial charge in [0.2, 0.25) is 0 Å². The molecule has 1 aliphatic carbocycles. The van der Waals surface area contributed by atoms with Crippen LogP contribution in [0.4, 0.5) is 4.39 Å². The lowest BCUT2D eigenvalue weighted by molar-refractivity contribution is 0.529. The molecule has 2 aromatic rings. The van der Waals surface area contributed by atoms with E-state index < -0.39 is 0 Å². The number of nitrogens with one attached hydrogen (secondary N) is 1. The third-order valence-corrected chi connectivity index (χ3v) is 4.43. The third kappa shape index (κ3) is 2.83. The van der Waals surface area contributed by atoms with Gasteiger partial charge in [0.15, 0.2) is 0 Å². The monoisotopic (exact) mass is 303 g/mol. The van der Waals surface area contributed by atoms with Crippen LogP contribution < -0.4 is 5.32 Å². The lowest BCUT2D eigenvalue weighted by Gasteiger charge is -2.14. The first-order chi connectivity index (χ1) is 10.2. The van der Waals surface area contributed by atoms with E-state index in [9.17, 15) is 4.39 Å². The molecule has 0 fully saturated rings. The minimum absolute atomic E-state index is 0.184. The molecule has 0 aliphatic heterocycles. The van der Waals surface area contributed by atoms with Gasteiger partial charge >= 0.3 is 0 Å². The first-order valence-electron chi connectivity index (χ1n) is 7.51. The average molecular weight is 304 g/mol. The van der Waals surface area contributed by atoms with Crippen molar-refractivity contribution in [1.82, 2.24) is 5.32 Å². The fourth-order valence-electron chi connectivity index (χ4n) is 3.12. The van der Waals surface area contributed by atoms with Crippen LogP contribution in [0.15, 0.2) is 36.4 Å². The predicted molar refractivity (Wildman–Crippen MR) is 86.2 cm³/mol. The molecule has 0 bridgehead atoms. The highest BCUT2D eigenvalue weighted by Crippen LogP contribution is 2.38. The molecule has 0 saturated heterocycles. The van der Waals surface area contributed by atoms with Crippen molar-refractivity contribution >= 4 is 11.6 Å². The summed E-state index contributed by atoms with van der Waals surface area (Å²) in [5.41, 5.74) is 4.92. The molecule has 110 valence electrons. The molecular weight excluding hydrogens is 285 g/mol. The Morgan fingerprint density at radius 2 is 2.14 bits per heavy atom. The van der Waals surface area contributed by atoms with Crippen LogP contribution in [0.25, 0.3) is 11.1 Å². The summed E-state index contributed by atoms with van der Waals surface area (Å²) in [5.74, 6) is -0.365. The Bertz CT molecular complexity index is 654. The third-order valence-electron chi connectivity index (χ3n) is 4.14. The molecule has 0 heterocycles. The molecule has 0 radical (unpaired) electrons. The van der Waals surface area contributed by atoms with Gasteiger partial charge < -0.3 is 5.32 Å². The van der Waals surface area contributed by atoms with Crippen LogP contribution in [0, 0.1) is 5.82 Å². The van der Waals surface area contributed by atoms with Crippen molar-refractivity contribution in [2.24, 2.45) is 0 Å². The summed E-state index contributed by atoms with van der Waals surface area (Å²) in [6.45, 7) is 3.22. The highest BCUT2D eigenvalue weighted by Gasteiger charge is 2.24. The normalized spacial score (nSPS) is 17.0. The van der Waals surface area contributed by atoms with Gasteiger partial charge in [0, 0.05) is 6.04 Å². The summed E-state index contributed by atoms with van der Waals surface area (Å²) in [6, 6.07) is 11.8. The molecule has 21 heavy (non-hydrogen) atoms. The number of rotatable bonds is 4. The molecule has 1 N–H and O–H groups in total. The second kappa shape index (κ2) is 6.17. The molecule has 0 spiro atoms. The van der Waals surface area contributed by atoms with Crippen LogP contribution in [-0.2, 0) is 6.42 Å². The summed E-state index contributed by atoms with van der Waals surface area (Å²) in [6.07, 6.45) is 3.32. The Morgan fingerprint density at radius 3 is 2.90 bits per heavy atom. The van der Waals surface area contributed by atoms with E-state index in [4.69, 9.17) is 11.6 Å². The van der Waals surface area contributed by atoms with E-state index in [1.807, 2.05) is 6.07 Å². The van der Waals surface area contributed by atoms with Gasteiger partial charge in [0.05, 0.1) is 5.02 Å². The summed E-state index contributed by atoms with van der Waals surface area (Å²) in [7, 11) is 0. The maximum atomic E-state index is 13.3. The van der Waals surface area contributed by atoms with Gasteiger partial charge in [0.1, 0.15) is 5.82 Å². The van der Waals surface area contributed by atoms with Gasteiger partial charge in [-0.25, -0.2) is 4.39 Å². The molecule has 1 atom stereocenters. The standard InChI is InChI=1S/C18H19ClFN/c1-2-10-21-18-9-7-14-13(4-3-5-15(14)18)12-6-8-17(20)16(19)11-12/h3-6,8,11,18,21H,2,7,9-10H2,1H3. The SMILES string of the molecule is CCCNC1CCc2c(-c3ccc(F)c(Cl)c3)cccc21. The van der Waals surface area contributed by atoms with Crippen LogP contribution in [0.2, 0.25) is 5.02 Å². The fourth-order valence-corrected chi connectivity index (χ4v) is 3.30. The topological polar surface area (TPSA) is 12.0 Å². The average Bonchev–Trinajstić information content (AvgIpc) is 2.91.